The highest BCUT2D eigenvalue weighted by Crippen LogP contribution is 2.49. The predicted octanol–water partition coefficient (Wildman–Crippen LogP) is 2.45. The SMILES string of the molecule is CCC1=C(OC)C(=O)c2c(O)c(OC)c(Cl)c(O)c2C1=O. The van der Waals surface area contributed by atoms with Crippen molar-refractivity contribution in [3.8, 4) is 17.2 Å². The first-order chi connectivity index (χ1) is 9.90. The molecule has 0 aliphatic heterocycles. The van der Waals surface area contributed by atoms with Crippen LogP contribution in [0.15, 0.2) is 11.3 Å². The number of benzene rings is 1. The lowest BCUT2D eigenvalue weighted by atomic mass is 9.85. The van der Waals surface area contributed by atoms with Gasteiger partial charge in [-0.25, -0.2) is 0 Å². The van der Waals surface area contributed by atoms with Crippen molar-refractivity contribution in [3.63, 3.8) is 0 Å². The van der Waals surface area contributed by atoms with E-state index in [9.17, 15) is 19.8 Å². The molecule has 2 rings (SSSR count). The number of Topliss-reactive ketones (excluding diaryl/α,β-unsaturated/α-hetero) is 2. The quantitative estimate of drug-likeness (QED) is 0.833. The molecule has 112 valence electrons. The summed E-state index contributed by atoms with van der Waals surface area (Å²) in [7, 11) is 2.47. The van der Waals surface area contributed by atoms with E-state index < -0.39 is 23.1 Å². The van der Waals surface area contributed by atoms with Crippen LogP contribution in [0.3, 0.4) is 0 Å². The Morgan fingerprint density at radius 2 is 1.57 bits per heavy atom. The molecule has 0 bridgehead atoms. The van der Waals surface area contributed by atoms with Crippen LogP contribution in [0.25, 0.3) is 0 Å². The summed E-state index contributed by atoms with van der Waals surface area (Å²) < 4.78 is 9.84. The molecule has 21 heavy (non-hydrogen) atoms. The van der Waals surface area contributed by atoms with Crippen molar-refractivity contribution >= 4 is 23.2 Å². The normalized spacial score (nSPS) is 14.3. The summed E-state index contributed by atoms with van der Waals surface area (Å²) in [5, 5.41) is 19.9. The number of phenols is 2. The predicted molar refractivity (Wildman–Crippen MR) is 74.3 cm³/mol. The van der Waals surface area contributed by atoms with Crippen LogP contribution in [0.2, 0.25) is 5.02 Å². The van der Waals surface area contributed by atoms with Gasteiger partial charge >= 0.3 is 0 Å². The lowest BCUT2D eigenvalue weighted by Crippen LogP contribution is -2.23. The van der Waals surface area contributed by atoms with Gasteiger partial charge in [-0.05, 0) is 6.42 Å². The fourth-order valence-corrected chi connectivity index (χ4v) is 2.60. The van der Waals surface area contributed by atoms with Gasteiger partial charge < -0.3 is 19.7 Å². The van der Waals surface area contributed by atoms with Gasteiger partial charge in [-0.1, -0.05) is 18.5 Å². The van der Waals surface area contributed by atoms with E-state index in [1.54, 1.807) is 6.92 Å². The first-order valence-corrected chi connectivity index (χ1v) is 6.46. The van der Waals surface area contributed by atoms with Crippen molar-refractivity contribution in [3.05, 3.63) is 27.5 Å². The van der Waals surface area contributed by atoms with Crippen LogP contribution in [0, 0.1) is 0 Å². The van der Waals surface area contributed by atoms with E-state index in [1.165, 1.54) is 14.2 Å². The fourth-order valence-electron chi connectivity index (χ4n) is 2.34. The summed E-state index contributed by atoms with van der Waals surface area (Å²) in [4.78, 5) is 24.8. The molecule has 0 aromatic heterocycles. The third-order valence-corrected chi connectivity index (χ3v) is 3.67. The van der Waals surface area contributed by atoms with Crippen LogP contribution >= 0.6 is 11.6 Å². The maximum Gasteiger partial charge on any atom is 0.232 e. The summed E-state index contributed by atoms with van der Waals surface area (Å²) in [6.45, 7) is 1.67. The molecule has 0 fully saturated rings. The Balaban J connectivity index is 2.90. The second kappa shape index (κ2) is 5.29. The lowest BCUT2D eigenvalue weighted by Gasteiger charge is -2.22. The Morgan fingerprint density at radius 1 is 1.00 bits per heavy atom. The first-order valence-electron chi connectivity index (χ1n) is 6.08. The molecule has 6 nitrogen and oxygen atoms in total. The van der Waals surface area contributed by atoms with E-state index >= 15 is 0 Å². The second-order valence-corrected chi connectivity index (χ2v) is 4.70. The van der Waals surface area contributed by atoms with Crippen LogP contribution in [-0.2, 0) is 4.74 Å². The molecular formula is C14H13ClO6. The molecule has 0 radical (unpaired) electrons. The number of aromatic hydroxyl groups is 2. The van der Waals surface area contributed by atoms with Crippen LogP contribution in [-0.4, -0.2) is 36.0 Å². The van der Waals surface area contributed by atoms with Crippen molar-refractivity contribution in [2.45, 2.75) is 13.3 Å². The second-order valence-electron chi connectivity index (χ2n) is 4.32. The number of hydrogen-bond acceptors (Lipinski definition) is 6. The fraction of sp³-hybridized carbons (Fsp3) is 0.286. The zero-order valence-electron chi connectivity index (χ0n) is 11.6. The number of phenolic OH excluding ortho intramolecular Hbond substituents is 2. The third kappa shape index (κ3) is 1.94. The van der Waals surface area contributed by atoms with Crippen LogP contribution < -0.4 is 4.74 Å². The highest BCUT2D eigenvalue weighted by atomic mass is 35.5. The summed E-state index contributed by atoms with van der Waals surface area (Å²) in [5.74, 6) is -2.94. The highest BCUT2D eigenvalue weighted by molar-refractivity contribution is 6.37. The van der Waals surface area contributed by atoms with Gasteiger partial charge in [0.1, 0.15) is 10.8 Å². The summed E-state index contributed by atoms with van der Waals surface area (Å²) in [6, 6.07) is 0. The standard InChI is InChI=1S/C14H13ClO6/c1-4-5-9(16)6-7(11(18)13(5)20-2)12(19)14(21-3)8(15)10(6)17/h17,19H,4H2,1-3H3. The van der Waals surface area contributed by atoms with Crippen molar-refractivity contribution in [2.24, 2.45) is 0 Å². The molecule has 1 aliphatic rings. The molecule has 0 saturated heterocycles. The monoisotopic (exact) mass is 312 g/mol. The average molecular weight is 313 g/mol. The highest BCUT2D eigenvalue weighted by Gasteiger charge is 2.39. The number of ketones is 2. The molecule has 0 spiro atoms. The van der Waals surface area contributed by atoms with Gasteiger partial charge in [0.2, 0.25) is 5.78 Å². The van der Waals surface area contributed by atoms with E-state index in [2.05, 4.69) is 0 Å². The van der Waals surface area contributed by atoms with Gasteiger partial charge in [0.25, 0.3) is 0 Å². The van der Waals surface area contributed by atoms with Crippen molar-refractivity contribution in [1.29, 1.82) is 0 Å². The molecule has 1 aliphatic carbocycles. The number of halogens is 1. The molecule has 1 aromatic carbocycles. The summed E-state index contributed by atoms with van der Waals surface area (Å²) in [5.41, 5.74) is -0.584. The third-order valence-electron chi connectivity index (χ3n) is 3.32. The van der Waals surface area contributed by atoms with Gasteiger partial charge in [0, 0.05) is 5.57 Å². The van der Waals surface area contributed by atoms with E-state index in [0.717, 1.165) is 0 Å². The topological polar surface area (TPSA) is 93.1 Å². The molecule has 7 heteroatoms. The van der Waals surface area contributed by atoms with Gasteiger partial charge in [-0.15, -0.1) is 0 Å². The molecule has 0 saturated carbocycles. The van der Waals surface area contributed by atoms with Gasteiger partial charge in [-0.3, -0.25) is 9.59 Å². The zero-order chi connectivity index (χ0) is 15.9. The molecule has 0 unspecified atom stereocenters. The number of allylic oxidation sites excluding steroid dienone is 2. The molecule has 0 amide bonds. The lowest BCUT2D eigenvalue weighted by molar-refractivity contribution is 0.0898. The number of carbonyl (C=O) groups is 2. The number of hydrogen-bond donors (Lipinski definition) is 2. The number of ether oxygens (including phenoxy) is 2. The van der Waals surface area contributed by atoms with E-state index in [0.29, 0.717) is 0 Å². The maximum absolute atomic E-state index is 12.4. The van der Waals surface area contributed by atoms with Crippen LogP contribution in [0.5, 0.6) is 17.2 Å². The minimum atomic E-state index is -0.702. The summed E-state index contributed by atoms with van der Waals surface area (Å²) >= 11 is 5.86. The first kappa shape index (κ1) is 15.2. The number of fused-ring (bicyclic) bond motifs is 1. The van der Waals surface area contributed by atoms with Gasteiger partial charge in [0.15, 0.2) is 23.0 Å². The largest absolute Gasteiger partial charge is 0.505 e. The Labute approximate surface area is 125 Å². The van der Waals surface area contributed by atoms with Gasteiger partial charge in [0.05, 0.1) is 25.3 Å². The molecule has 2 N–H and O–H groups in total. The Kier molecular flexibility index (Phi) is 3.82. The Morgan fingerprint density at radius 3 is 2.05 bits per heavy atom. The molecule has 1 aromatic rings. The number of methoxy groups -OCH3 is 2. The number of carbonyl (C=O) groups excluding carboxylic acids is 2. The van der Waals surface area contributed by atoms with Crippen LogP contribution in [0.4, 0.5) is 0 Å². The zero-order valence-corrected chi connectivity index (χ0v) is 12.4. The van der Waals surface area contributed by atoms with Crippen molar-refractivity contribution in [1.82, 2.24) is 0 Å². The van der Waals surface area contributed by atoms with Gasteiger partial charge in [-0.2, -0.15) is 0 Å². The molecule has 0 atom stereocenters. The minimum Gasteiger partial charge on any atom is -0.505 e. The minimum absolute atomic E-state index is 0.117. The maximum atomic E-state index is 12.4. The van der Waals surface area contributed by atoms with Crippen molar-refractivity contribution in [2.75, 3.05) is 14.2 Å². The smallest absolute Gasteiger partial charge is 0.232 e. The van der Waals surface area contributed by atoms with Crippen molar-refractivity contribution < 1.29 is 29.3 Å². The average Bonchev–Trinajstić information content (AvgIpc) is 2.46. The summed E-state index contributed by atoms with van der Waals surface area (Å²) in [6.07, 6.45) is 0.233. The number of rotatable bonds is 3. The van der Waals surface area contributed by atoms with E-state index in [-0.39, 0.29) is 39.7 Å². The molecular weight excluding hydrogens is 300 g/mol. The van der Waals surface area contributed by atoms with E-state index in [1.807, 2.05) is 0 Å². The Bertz CT molecular complexity index is 689. The van der Waals surface area contributed by atoms with E-state index in [4.69, 9.17) is 21.1 Å². The van der Waals surface area contributed by atoms with Crippen LogP contribution in [0.1, 0.15) is 34.1 Å². The molecule has 0 heterocycles. The Hall–Kier alpha value is -2.21.